The number of thiazole rings is 1. The number of hydrogen-bond donors (Lipinski definition) is 1. The summed E-state index contributed by atoms with van der Waals surface area (Å²) < 4.78 is 5.36. The van der Waals surface area contributed by atoms with Gasteiger partial charge in [-0.25, -0.2) is 4.98 Å². The van der Waals surface area contributed by atoms with Gasteiger partial charge in [-0.3, -0.25) is 14.5 Å². The largest absolute Gasteiger partial charge is 0.379 e. The number of aromatic nitrogens is 1. The Kier molecular flexibility index (Phi) is 6.49. The zero-order valence-electron chi connectivity index (χ0n) is 16.5. The predicted octanol–water partition coefficient (Wildman–Crippen LogP) is 2.20. The Morgan fingerprint density at radius 2 is 1.89 bits per heavy atom. The minimum Gasteiger partial charge on any atom is -0.379 e. The maximum Gasteiger partial charge on any atom is 0.229 e. The maximum absolute atomic E-state index is 12.6. The summed E-state index contributed by atoms with van der Waals surface area (Å²) in [5, 5.41) is 5.64. The SMILES string of the molecule is CC(C)(C)C(=O)N1CCC(C(=O)Nc2nc(CN3CCOCC3)cs2)CC1. The quantitative estimate of drug-likeness (QED) is 0.847. The van der Waals surface area contributed by atoms with Gasteiger partial charge in [0.25, 0.3) is 0 Å². The molecule has 7 nitrogen and oxygen atoms in total. The summed E-state index contributed by atoms with van der Waals surface area (Å²) in [6.45, 7) is 11.3. The van der Waals surface area contributed by atoms with Gasteiger partial charge < -0.3 is 15.0 Å². The third-order valence-corrected chi connectivity index (χ3v) is 5.87. The number of ether oxygens (including phenoxy) is 1. The van der Waals surface area contributed by atoms with Crippen LogP contribution in [0.5, 0.6) is 0 Å². The van der Waals surface area contributed by atoms with Crippen LogP contribution >= 0.6 is 11.3 Å². The van der Waals surface area contributed by atoms with Gasteiger partial charge in [0.1, 0.15) is 0 Å². The molecule has 3 heterocycles. The van der Waals surface area contributed by atoms with Crippen LogP contribution in [0.15, 0.2) is 5.38 Å². The number of amides is 2. The van der Waals surface area contributed by atoms with E-state index < -0.39 is 0 Å². The summed E-state index contributed by atoms with van der Waals surface area (Å²) in [5.74, 6) is 0.125. The first-order valence-electron chi connectivity index (χ1n) is 9.67. The number of nitrogens with one attached hydrogen (secondary N) is 1. The summed E-state index contributed by atoms with van der Waals surface area (Å²) in [6.07, 6.45) is 1.42. The first-order valence-corrected chi connectivity index (χ1v) is 10.6. The van der Waals surface area contributed by atoms with Crippen LogP contribution in [0.3, 0.4) is 0 Å². The Morgan fingerprint density at radius 1 is 1.22 bits per heavy atom. The number of likely N-dealkylation sites (tertiary alicyclic amines) is 1. The minimum atomic E-state index is -0.368. The first kappa shape index (κ1) is 20.2. The third-order valence-electron chi connectivity index (χ3n) is 5.07. The summed E-state index contributed by atoms with van der Waals surface area (Å²) in [4.78, 5) is 33.7. The molecular weight excluding hydrogens is 364 g/mol. The van der Waals surface area contributed by atoms with E-state index in [1.807, 2.05) is 31.1 Å². The van der Waals surface area contributed by atoms with Crippen LogP contribution in [-0.4, -0.2) is 66.0 Å². The maximum atomic E-state index is 12.6. The highest BCUT2D eigenvalue weighted by Crippen LogP contribution is 2.25. The van der Waals surface area contributed by atoms with Crippen molar-refractivity contribution in [1.29, 1.82) is 0 Å². The Morgan fingerprint density at radius 3 is 2.52 bits per heavy atom. The summed E-state index contributed by atoms with van der Waals surface area (Å²) in [5.41, 5.74) is 0.621. The van der Waals surface area contributed by atoms with E-state index in [1.54, 1.807) is 0 Å². The number of carbonyl (C=O) groups is 2. The second kappa shape index (κ2) is 8.67. The Balaban J connectivity index is 1.46. The molecule has 0 aliphatic carbocycles. The zero-order chi connectivity index (χ0) is 19.4. The molecule has 1 aromatic rings. The van der Waals surface area contributed by atoms with Crippen LogP contribution in [0.4, 0.5) is 5.13 Å². The van der Waals surface area contributed by atoms with E-state index in [2.05, 4.69) is 15.2 Å². The van der Waals surface area contributed by atoms with Gasteiger partial charge >= 0.3 is 0 Å². The van der Waals surface area contributed by atoms with E-state index >= 15 is 0 Å². The summed E-state index contributed by atoms with van der Waals surface area (Å²) in [7, 11) is 0. The highest BCUT2D eigenvalue weighted by atomic mass is 32.1. The van der Waals surface area contributed by atoms with Crippen LogP contribution < -0.4 is 5.32 Å². The van der Waals surface area contributed by atoms with Gasteiger partial charge in [-0.05, 0) is 12.8 Å². The molecule has 0 saturated carbocycles. The molecule has 0 aromatic carbocycles. The number of morpholine rings is 1. The van der Waals surface area contributed by atoms with Crippen LogP contribution in [0, 0.1) is 11.3 Å². The second-order valence-corrected chi connectivity index (χ2v) is 9.20. The Labute approximate surface area is 165 Å². The van der Waals surface area contributed by atoms with Gasteiger partial charge in [0.2, 0.25) is 11.8 Å². The van der Waals surface area contributed by atoms with Crippen molar-refractivity contribution in [3.05, 3.63) is 11.1 Å². The molecule has 2 aliphatic heterocycles. The second-order valence-electron chi connectivity index (χ2n) is 8.34. The monoisotopic (exact) mass is 394 g/mol. The summed E-state index contributed by atoms with van der Waals surface area (Å²) in [6, 6.07) is 0. The number of carbonyl (C=O) groups excluding carboxylic acids is 2. The van der Waals surface area contributed by atoms with E-state index in [-0.39, 0.29) is 23.1 Å². The van der Waals surface area contributed by atoms with Crippen LogP contribution in [0.25, 0.3) is 0 Å². The molecule has 0 bridgehead atoms. The van der Waals surface area contributed by atoms with Gasteiger partial charge in [0, 0.05) is 49.4 Å². The molecule has 2 fully saturated rings. The van der Waals surface area contributed by atoms with Crippen molar-refractivity contribution in [2.24, 2.45) is 11.3 Å². The van der Waals surface area contributed by atoms with Crippen molar-refractivity contribution in [2.75, 3.05) is 44.7 Å². The van der Waals surface area contributed by atoms with E-state index in [9.17, 15) is 9.59 Å². The van der Waals surface area contributed by atoms with E-state index in [1.165, 1.54) is 11.3 Å². The summed E-state index contributed by atoms with van der Waals surface area (Å²) >= 11 is 1.47. The van der Waals surface area contributed by atoms with Crippen LogP contribution in [-0.2, 0) is 20.9 Å². The Bertz CT molecular complexity index is 656. The van der Waals surface area contributed by atoms with Crippen molar-refractivity contribution in [2.45, 2.75) is 40.2 Å². The van der Waals surface area contributed by atoms with Gasteiger partial charge in [-0.15, -0.1) is 11.3 Å². The predicted molar refractivity (Wildman–Crippen MR) is 106 cm³/mol. The number of piperidine rings is 1. The molecule has 2 saturated heterocycles. The molecule has 150 valence electrons. The van der Waals surface area contributed by atoms with Crippen molar-refractivity contribution in [1.82, 2.24) is 14.8 Å². The molecule has 0 atom stereocenters. The lowest BCUT2D eigenvalue weighted by molar-refractivity contribution is -0.142. The molecular formula is C19H30N4O3S. The fourth-order valence-corrected chi connectivity index (χ4v) is 4.16. The van der Waals surface area contributed by atoms with Crippen molar-refractivity contribution < 1.29 is 14.3 Å². The van der Waals surface area contributed by atoms with E-state index in [0.29, 0.717) is 31.1 Å². The smallest absolute Gasteiger partial charge is 0.229 e. The average molecular weight is 395 g/mol. The van der Waals surface area contributed by atoms with Crippen molar-refractivity contribution in [3.8, 4) is 0 Å². The standard InChI is InChI=1S/C19H30N4O3S/c1-19(2,3)17(25)23-6-4-14(5-7-23)16(24)21-18-20-15(13-27-18)12-22-8-10-26-11-9-22/h13-14H,4-12H2,1-3H3,(H,20,21,24). The molecule has 0 radical (unpaired) electrons. The van der Waals surface area contributed by atoms with Crippen molar-refractivity contribution in [3.63, 3.8) is 0 Å². The highest BCUT2D eigenvalue weighted by molar-refractivity contribution is 7.13. The molecule has 2 aliphatic rings. The molecule has 27 heavy (non-hydrogen) atoms. The minimum absolute atomic E-state index is 0.0186. The number of nitrogens with zero attached hydrogens (tertiary/aromatic N) is 3. The van der Waals surface area contributed by atoms with Crippen molar-refractivity contribution >= 4 is 28.3 Å². The first-order chi connectivity index (χ1) is 12.8. The average Bonchev–Trinajstić information content (AvgIpc) is 3.08. The lowest BCUT2D eigenvalue weighted by atomic mass is 9.91. The Hall–Kier alpha value is -1.51. The lowest BCUT2D eigenvalue weighted by Gasteiger charge is -2.35. The van der Waals surface area contributed by atoms with E-state index in [0.717, 1.165) is 38.5 Å². The number of hydrogen-bond acceptors (Lipinski definition) is 6. The van der Waals surface area contributed by atoms with Gasteiger partial charge in [0.05, 0.1) is 18.9 Å². The number of rotatable bonds is 4. The molecule has 2 amide bonds. The topological polar surface area (TPSA) is 74.8 Å². The molecule has 8 heteroatoms. The van der Waals surface area contributed by atoms with Gasteiger partial charge in [-0.2, -0.15) is 0 Å². The fraction of sp³-hybridized carbons (Fsp3) is 0.737. The van der Waals surface area contributed by atoms with Gasteiger partial charge in [0.15, 0.2) is 5.13 Å². The molecule has 3 rings (SSSR count). The fourth-order valence-electron chi connectivity index (χ4n) is 3.45. The molecule has 1 N–H and O–H groups in total. The third kappa shape index (κ3) is 5.49. The lowest BCUT2D eigenvalue weighted by Crippen LogP contribution is -2.45. The molecule has 0 spiro atoms. The van der Waals surface area contributed by atoms with Gasteiger partial charge in [-0.1, -0.05) is 20.8 Å². The van der Waals surface area contributed by atoms with E-state index in [4.69, 9.17) is 4.74 Å². The zero-order valence-corrected chi connectivity index (χ0v) is 17.3. The molecule has 0 unspecified atom stereocenters. The van der Waals surface area contributed by atoms with Crippen LogP contribution in [0.1, 0.15) is 39.3 Å². The highest BCUT2D eigenvalue weighted by Gasteiger charge is 2.32. The molecule has 1 aromatic heterocycles. The number of anilines is 1. The van der Waals surface area contributed by atoms with Crippen LogP contribution in [0.2, 0.25) is 0 Å². The normalized spacial score (nSPS) is 19.9.